The average Bonchev–Trinajstić information content (AvgIpc) is 2.72. The Balaban J connectivity index is 1.85. The van der Waals surface area contributed by atoms with E-state index in [0.29, 0.717) is 18.4 Å². The zero-order valence-corrected chi connectivity index (χ0v) is 19.9. The van der Waals surface area contributed by atoms with E-state index in [-0.39, 0.29) is 29.3 Å². The summed E-state index contributed by atoms with van der Waals surface area (Å²) in [5.41, 5.74) is -0.0546. The molecule has 0 heterocycles. The lowest BCUT2D eigenvalue weighted by atomic mass is 9.80. The summed E-state index contributed by atoms with van der Waals surface area (Å²) in [5, 5.41) is 3.42. The number of carbonyl (C=O) groups is 2. The van der Waals surface area contributed by atoms with E-state index in [9.17, 15) is 9.59 Å². The van der Waals surface area contributed by atoms with Crippen LogP contribution in [0.25, 0.3) is 0 Å². The predicted octanol–water partition coefficient (Wildman–Crippen LogP) is 5.98. The minimum absolute atomic E-state index is 0.0546. The van der Waals surface area contributed by atoms with Gasteiger partial charge in [0.25, 0.3) is 0 Å². The Morgan fingerprint density at radius 1 is 0.800 bits per heavy atom. The van der Waals surface area contributed by atoms with E-state index in [4.69, 9.17) is 0 Å². The van der Waals surface area contributed by atoms with Crippen molar-refractivity contribution in [2.24, 2.45) is 11.3 Å². The Morgan fingerprint density at radius 3 is 1.83 bits per heavy atom. The summed E-state index contributed by atoms with van der Waals surface area (Å²) in [6, 6.07) is 0.297. The van der Waals surface area contributed by atoms with Gasteiger partial charge < -0.3 is 10.2 Å². The van der Waals surface area contributed by atoms with Gasteiger partial charge in [-0.05, 0) is 49.9 Å². The van der Waals surface area contributed by atoms with Crippen LogP contribution in [-0.2, 0) is 9.59 Å². The molecule has 3 aliphatic rings. The molecule has 0 aliphatic heterocycles. The summed E-state index contributed by atoms with van der Waals surface area (Å²) in [6.07, 6.45) is 18.1. The molecule has 3 rings (SSSR count). The van der Waals surface area contributed by atoms with Crippen molar-refractivity contribution in [3.63, 3.8) is 0 Å². The molecular formula is C26H46N2O2. The molecule has 1 N–H and O–H groups in total. The van der Waals surface area contributed by atoms with Crippen LogP contribution in [0.1, 0.15) is 124 Å². The first kappa shape index (κ1) is 23.6. The molecule has 4 heteroatoms. The van der Waals surface area contributed by atoms with E-state index in [1.165, 1.54) is 57.8 Å². The van der Waals surface area contributed by atoms with Crippen LogP contribution in [0.3, 0.4) is 0 Å². The van der Waals surface area contributed by atoms with Gasteiger partial charge in [-0.3, -0.25) is 9.59 Å². The lowest BCUT2D eigenvalue weighted by molar-refractivity contribution is -0.149. The third-order valence-electron chi connectivity index (χ3n) is 7.55. The maximum Gasteiger partial charge on any atom is 0.243 e. The van der Waals surface area contributed by atoms with Gasteiger partial charge in [-0.1, -0.05) is 78.6 Å². The van der Waals surface area contributed by atoms with Crippen molar-refractivity contribution in [2.75, 3.05) is 0 Å². The number of carbonyl (C=O) groups excluding carboxylic acids is 2. The Bertz CT molecular complexity index is 550. The Labute approximate surface area is 184 Å². The van der Waals surface area contributed by atoms with E-state index in [2.05, 4.69) is 31.0 Å². The molecule has 0 aromatic carbocycles. The number of nitrogens with zero attached hydrogens (tertiary/aromatic N) is 1. The molecule has 172 valence electrons. The minimum atomic E-state index is -0.259. The predicted molar refractivity (Wildman–Crippen MR) is 123 cm³/mol. The molecule has 1 atom stereocenters. The van der Waals surface area contributed by atoms with Gasteiger partial charge in [0, 0.05) is 18.5 Å². The van der Waals surface area contributed by atoms with Gasteiger partial charge in [0.05, 0.1) is 0 Å². The number of hydrogen-bond acceptors (Lipinski definition) is 2. The van der Waals surface area contributed by atoms with Crippen LogP contribution in [0.4, 0.5) is 0 Å². The molecule has 0 aromatic heterocycles. The molecule has 0 spiro atoms. The molecule has 0 saturated heterocycles. The average molecular weight is 419 g/mol. The molecule has 3 fully saturated rings. The monoisotopic (exact) mass is 418 g/mol. The van der Waals surface area contributed by atoms with Crippen molar-refractivity contribution < 1.29 is 9.59 Å². The number of amides is 2. The highest BCUT2D eigenvalue weighted by molar-refractivity contribution is 5.88. The first-order valence-electron chi connectivity index (χ1n) is 13.0. The molecular weight excluding hydrogens is 372 g/mol. The molecule has 4 nitrogen and oxygen atoms in total. The van der Waals surface area contributed by atoms with Crippen molar-refractivity contribution in [2.45, 2.75) is 142 Å². The molecule has 30 heavy (non-hydrogen) atoms. The normalized spacial score (nSPS) is 23.7. The van der Waals surface area contributed by atoms with Crippen molar-refractivity contribution in [1.29, 1.82) is 0 Å². The van der Waals surface area contributed by atoms with Gasteiger partial charge in [0.1, 0.15) is 6.04 Å². The van der Waals surface area contributed by atoms with Gasteiger partial charge in [-0.2, -0.15) is 0 Å². The number of hydrogen-bond donors (Lipinski definition) is 1. The fraction of sp³-hybridized carbons (Fsp3) is 0.923. The van der Waals surface area contributed by atoms with Crippen molar-refractivity contribution in [3.05, 3.63) is 0 Å². The summed E-state index contributed by atoms with van der Waals surface area (Å²) in [4.78, 5) is 29.6. The number of nitrogens with one attached hydrogen (secondary N) is 1. The maximum absolute atomic E-state index is 13.8. The lowest BCUT2D eigenvalue weighted by Crippen LogP contribution is -2.59. The zero-order chi connectivity index (χ0) is 21.6. The van der Waals surface area contributed by atoms with E-state index in [1.807, 2.05) is 0 Å². The quantitative estimate of drug-likeness (QED) is 0.576. The Morgan fingerprint density at radius 2 is 1.30 bits per heavy atom. The van der Waals surface area contributed by atoms with Crippen LogP contribution in [0.5, 0.6) is 0 Å². The summed E-state index contributed by atoms with van der Waals surface area (Å²) in [5.74, 6) is 0.693. The van der Waals surface area contributed by atoms with Crippen LogP contribution in [-0.4, -0.2) is 34.8 Å². The largest absolute Gasteiger partial charge is 0.352 e. The molecule has 2 amide bonds. The van der Waals surface area contributed by atoms with Crippen LogP contribution in [0.15, 0.2) is 0 Å². The van der Waals surface area contributed by atoms with E-state index < -0.39 is 0 Å². The Kier molecular flexibility index (Phi) is 8.65. The fourth-order valence-corrected chi connectivity index (χ4v) is 6.04. The highest BCUT2D eigenvalue weighted by atomic mass is 16.2. The Hall–Kier alpha value is -1.06. The standard InChI is InChI=1S/C26H46N2O2/c1-26(2,3)19-23(29)28(22-17-11-6-12-18-22)24(20-13-7-4-8-14-20)25(30)27-21-15-9-5-10-16-21/h20-22,24H,4-19H2,1-3H3,(H,27,30). The second-order valence-electron chi connectivity index (χ2n) is 11.5. The molecule has 1 unspecified atom stereocenters. The zero-order valence-electron chi connectivity index (χ0n) is 19.9. The van der Waals surface area contributed by atoms with Crippen LogP contribution in [0.2, 0.25) is 0 Å². The second kappa shape index (κ2) is 11.0. The molecule has 0 bridgehead atoms. The molecule has 0 aromatic rings. The van der Waals surface area contributed by atoms with Crippen molar-refractivity contribution in [3.8, 4) is 0 Å². The molecule has 3 saturated carbocycles. The third-order valence-corrected chi connectivity index (χ3v) is 7.55. The first-order chi connectivity index (χ1) is 14.3. The first-order valence-corrected chi connectivity index (χ1v) is 13.0. The molecule has 3 aliphatic carbocycles. The summed E-state index contributed by atoms with van der Waals surface area (Å²) in [6.45, 7) is 6.42. The van der Waals surface area contributed by atoms with Crippen LogP contribution < -0.4 is 5.32 Å². The smallest absolute Gasteiger partial charge is 0.243 e. The van der Waals surface area contributed by atoms with Gasteiger partial charge in [0.2, 0.25) is 11.8 Å². The highest BCUT2D eigenvalue weighted by Gasteiger charge is 2.42. The third kappa shape index (κ3) is 6.72. The van der Waals surface area contributed by atoms with Gasteiger partial charge >= 0.3 is 0 Å². The van der Waals surface area contributed by atoms with Gasteiger partial charge in [-0.25, -0.2) is 0 Å². The van der Waals surface area contributed by atoms with Gasteiger partial charge in [-0.15, -0.1) is 0 Å². The fourth-order valence-electron chi connectivity index (χ4n) is 6.04. The highest BCUT2D eigenvalue weighted by Crippen LogP contribution is 2.35. The summed E-state index contributed by atoms with van der Waals surface area (Å²) < 4.78 is 0. The summed E-state index contributed by atoms with van der Waals surface area (Å²) in [7, 11) is 0. The molecule has 0 radical (unpaired) electrons. The van der Waals surface area contributed by atoms with Crippen LogP contribution >= 0.6 is 0 Å². The van der Waals surface area contributed by atoms with Gasteiger partial charge in [0.15, 0.2) is 0 Å². The minimum Gasteiger partial charge on any atom is -0.352 e. The second-order valence-corrected chi connectivity index (χ2v) is 11.5. The lowest BCUT2D eigenvalue weighted by Gasteiger charge is -2.44. The van der Waals surface area contributed by atoms with E-state index in [0.717, 1.165) is 38.5 Å². The van der Waals surface area contributed by atoms with Crippen molar-refractivity contribution in [1.82, 2.24) is 10.2 Å². The summed E-state index contributed by atoms with van der Waals surface area (Å²) >= 11 is 0. The maximum atomic E-state index is 13.8. The topological polar surface area (TPSA) is 49.4 Å². The van der Waals surface area contributed by atoms with Crippen LogP contribution in [0, 0.1) is 11.3 Å². The number of rotatable bonds is 6. The van der Waals surface area contributed by atoms with E-state index >= 15 is 0 Å². The van der Waals surface area contributed by atoms with E-state index in [1.54, 1.807) is 0 Å². The van der Waals surface area contributed by atoms with Crippen molar-refractivity contribution >= 4 is 11.8 Å². The SMILES string of the molecule is CC(C)(C)CC(=O)N(C1CCCCC1)C(C(=O)NC1CCCCC1)C1CCCCC1.